The van der Waals surface area contributed by atoms with Crippen LogP contribution in [-0.4, -0.2) is 47.4 Å². The first kappa shape index (κ1) is 20.5. The van der Waals surface area contributed by atoms with Crippen molar-refractivity contribution in [2.75, 3.05) is 37.4 Å². The van der Waals surface area contributed by atoms with Crippen LogP contribution in [0.3, 0.4) is 0 Å². The second kappa shape index (κ2) is 8.04. The van der Waals surface area contributed by atoms with E-state index in [9.17, 15) is 26.4 Å². The number of rotatable bonds is 7. The molecule has 0 heterocycles. The Kier molecular flexibility index (Phi) is 6.87. The molecule has 0 atom stereocenters. The molecule has 0 saturated heterocycles. The summed E-state index contributed by atoms with van der Waals surface area (Å²) in [6.45, 7) is -0.522. The molecule has 0 unspecified atom stereocenters. The number of sulfonamides is 1. The van der Waals surface area contributed by atoms with Crippen molar-refractivity contribution in [1.82, 2.24) is 5.32 Å². The Balaban J connectivity index is 3.22. The van der Waals surface area contributed by atoms with Gasteiger partial charge in [0.25, 0.3) is 0 Å². The van der Waals surface area contributed by atoms with Crippen LogP contribution in [0.25, 0.3) is 0 Å². The van der Waals surface area contributed by atoms with Gasteiger partial charge in [-0.15, -0.1) is 0 Å². The number of benzene rings is 1. The molecule has 0 saturated carbocycles. The number of halogens is 4. The van der Waals surface area contributed by atoms with Crippen LogP contribution >= 0.6 is 11.6 Å². The van der Waals surface area contributed by atoms with Crippen molar-refractivity contribution < 1.29 is 31.1 Å². The smallest absolute Gasteiger partial charge is 0.383 e. The highest BCUT2D eigenvalue weighted by atomic mass is 35.5. The van der Waals surface area contributed by atoms with Crippen LogP contribution in [0.4, 0.5) is 18.9 Å². The highest BCUT2D eigenvalue weighted by molar-refractivity contribution is 7.92. The van der Waals surface area contributed by atoms with Gasteiger partial charge in [-0.2, -0.15) is 13.2 Å². The highest BCUT2D eigenvalue weighted by Gasteiger charge is 2.37. The highest BCUT2D eigenvalue weighted by Crippen LogP contribution is 2.38. The molecule has 0 aliphatic carbocycles. The molecule has 0 fully saturated rings. The Hall–Kier alpha value is -1.52. The van der Waals surface area contributed by atoms with E-state index in [0.29, 0.717) is 16.6 Å². The maximum absolute atomic E-state index is 13.2. The molecule has 1 aromatic rings. The largest absolute Gasteiger partial charge is 0.418 e. The molecule has 0 spiro atoms. The molecule has 1 N–H and O–H groups in total. The number of anilines is 1. The first-order valence-corrected chi connectivity index (χ1v) is 8.79. The molecular weight excluding hydrogens is 373 g/mol. The van der Waals surface area contributed by atoms with Gasteiger partial charge in [0.15, 0.2) is 0 Å². The molecule has 1 amide bonds. The Morgan fingerprint density at radius 1 is 1.38 bits per heavy atom. The van der Waals surface area contributed by atoms with Crippen LogP contribution in [-0.2, 0) is 25.7 Å². The van der Waals surface area contributed by atoms with Crippen molar-refractivity contribution in [3.63, 3.8) is 0 Å². The fourth-order valence-corrected chi connectivity index (χ4v) is 2.85. The van der Waals surface area contributed by atoms with Gasteiger partial charge in [0.2, 0.25) is 15.9 Å². The van der Waals surface area contributed by atoms with Gasteiger partial charge in [0, 0.05) is 18.7 Å². The lowest BCUT2D eigenvalue weighted by Gasteiger charge is -2.25. The Morgan fingerprint density at radius 2 is 2.00 bits per heavy atom. The predicted octanol–water partition coefficient (Wildman–Crippen LogP) is 1.89. The average Bonchev–Trinajstić information content (AvgIpc) is 2.43. The molecule has 24 heavy (non-hydrogen) atoms. The first-order chi connectivity index (χ1) is 11.0. The quantitative estimate of drug-likeness (QED) is 0.724. The number of carbonyl (C=O) groups is 1. The van der Waals surface area contributed by atoms with E-state index >= 15 is 0 Å². The fourth-order valence-electron chi connectivity index (χ4n) is 1.81. The first-order valence-electron chi connectivity index (χ1n) is 6.57. The van der Waals surface area contributed by atoms with E-state index in [0.717, 1.165) is 12.1 Å². The Bertz CT molecular complexity index is 695. The van der Waals surface area contributed by atoms with Gasteiger partial charge >= 0.3 is 6.18 Å². The molecule has 136 valence electrons. The summed E-state index contributed by atoms with van der Waals surface area (Å²) in [5.41, 5.74) is -1.92. The lowest BCUT2D eigenvalue weighted by Crippen LogP contribution is -2.42. The number of ether oxygens (including phenoxy) is 1. The zero-order valence-electron chi connectivity index (χ0n) is 12.9. The van der Waals surface area contributed by atoms with Gasteiger partial charge in [0.1, 0.15) is 6.54 Å². The normalized spacial score (nSPS) is 12.1. The molecular formula is C13H16ClF3N2O4S. The van der Waals surface area contributed by atoms with Crippen LogP contribution < -0.4 is 9.62 Å². The Labute approximate surface area is 142 Å². The van der Waals surface area contributed by atoms with Crippen LogP contribution in [0, 0.1) is 0 Å². The van der Waals surface area contributed by atoms with Crippen LogP contribution in [0.1, 0.15) is 5.56 Å². The molecule has 0 aromatic heterocycles. The third-order valence-electron chi connectivity index (χ3n) is 2.85. The van der Waals surface area contributed by atoms with Crippen molar-refractivity contribution in [2.24, 2.45) is 0 Å². The fraction of sp³-hybridized carbons (Fsp3) is 0.462. The van der Waals surface area contributed by atoms with Crippen molar-refractivity contribution in [1.29, 1.82) is 0 Å². The molecule has 6 nitrogen and oxygen atoms in total. The van der Waals surface area contributed by atoms with E-state index in [4.69, 9.17) is 16.3 Å². The minimum Gasteiger partial charge on any atom is -0.383 e. The van der Waals surface area contributed by atoms with E-state index in [1.165, 1.54) is 7.11 Å². The summed E-state index contributed by atoms with van der Waals surface area (Å²) in [4.78, 5) is 11.8. The number of nitrogens with one attached hydrogen (secondary N) is 1. The molecule has 0 aliphatic heterocycles. The number of hydrogen-bond donors (Lipinski definition) is 1. The third-order valence-corrected chi connectivity index (χ3v) is 4.21. The monoisotopic (exact) mass is 388 g/mol. The predicted molar refractivity (Wildman–Crippen MR) is 83.5 cm³/mol. The van der Waals surface area contributed by atoms with E-state index in [1.807, 2.05) is 0 Å². The lowest BCUT2D eigenvalue weighted by molar-refractivity contribution is -0.137. The third kappa shape index (κ3) is 5.84. The average molecular weight is 389 g/mol. The van der Waals surface area contributed by atoms with Gasteiger partial charge in [-0.25, -0.2) is 8.42 Å². The number of hydrogen-bond acceptors (Lipinski definition) is 4. The summed E-state index contributed by atoms with van der Waals surface area (Å²) >= 11 is 5.57. The molecule has 1 rings (SSSR count). The summed E-state index contributed by atoms with van der Waals surface area (Å²) in [6.07, 6.45) is -4.13. The Morgan fingerprint density at radius 3 is 2.50 bits per heavy atom. The lowest BCUT2D eigenvalue weighted by atomic mass is 10.1. The van der Waals surface area contributed by atoms with Gasteiger partial charge in [-0.3, -0.25) is 9.10 Å². The van der Waals surface area contributed by atoms with Crippen LogP contribution in [0.15, 0.2) is 18.2 Å². The van der Waals surface area contributed by atoms with Gasteiger partial charge < -0.3 is 10.1 Å². The standard InChI is InChI=1S/C13H16ClF3N2O4S/c1-23-6-5-18-12(20)8-19(24(2,21)22)11-4-3-9(14)7-10(11)13(15,16)17/h3-4,7H,5-6,8H2,1-2H3,(H,18,20). The molecule has 0 aliphatic rings. The van der Waals surface area contributed by atoms with Gasteiger partial charge in [-0.05, 0) is 18.2 Å². The number of carbonyl (C=O) groups excluding carboxylic acids is 1. The van der Waals surface area contributed by atoms with Crippen LogP contribution in [0.2, 0.25) is 5.02 Å². The molecule has 0 bridgehead atoms. The van der Waals surface area contributed by atoms with Gasteiger partial charge in [0.05, 0.1) is 24.1 Å². The van der Waals surface area contributed by atoms with Crippen LogP contribution in [0.5, 0.6) is 0 Å². The molecule has 0 radical (unpaired) electrons. The summed E-state index contributed by atoms with van der Waals surface area (Å²) in [6, 6.07) is 2.64. The summed E-state index contributed by atoms with van der Waals surface area (Å²) < 4.78 is 68.4. The van der Waals surface area contributed by atoms with Gasteiger partial charge in [-0.1, -0.05) is 11.6 Å². The summed E-state index contributed by atoms with van der Waals surface area (Å²) in [5.74, 6) is -0.763. The van der Waals surface area contributed by atoms with E-state index in [2.05, 4.69) is 5.32 Å². The number of methoxy groups -OCH3 is 1. The van der Waals surface area contributed by atoms with Crippen molar-refractivity contribution in [2.45, 2.75) is 6.18 Å². The summed E-state index contributed by atoms with van der Waals surface area (Å²) in [7, 11) is -2.74. The van der Waals surface area contributed by atoms with E-state index in [-0.39, 0.29) is 18.2 Å². The zero-order valence-corrected chi connectivity index (χ0v) is 14.4. The number of amides is 1. The maximum Gasteiger partial charge on any atom is 0.418 e. The minimum atomic E-state index is -4.84. The second-order valence-corrected chi connectivity index (χ2v) is 7.11. The second-order valence-electron chi connectivity index (χ2n) is 4.77. The topological polar surface area (TPSA) is 75.7 Å². The molecule has 1 aromatic carbocycles. The minimum absolute atomic E-state index is 0.0969. The maximum atomic E-state index is 13.2. The van der Waals surface area contributed by atoms with Crippen molar-refractivity contribution in [3.8, 4) is 0 Å². The molecule has 11 heteroatoms. The number of alkyl halides is 3. The summed E-state index contributed by atoms with van der Waals surface area (Å²) in [5, 5.41) is 2.14. The van der Waals surface area contributed by atoms with E-state index in [1.54, 1.807) is 0 Å². The van der Waals surface area contributed by atoms with E-state index < -0.39 is 39.9 Å². The zero-order chi connectivity index (χ0) is 18.5. The SMILES string of the molecule is COCCNC(=O)CN(c1ccc(Cl)cc1C(F)(F)F)S(C)(=O)=O. The van der Waals surface area contributed by atoms with Crippen molar-refractivity contribution >= 4 is 33.2 Å². The van der Waals surface area contributed by atoms with Crippen molar-refractivity contribution in [3.05, 3.63) is 28.8 Å². The number of nitrogens with zero attached hydrogens (tertiary/aromatic N) is 1.